The topological polar surface area (TPSA) is 28.2 Å². The van der Waals surface area contributed by atoms with Gasteiger partial charge in [-0.3, -0.25) is 0 Å². The van der Waals surface area contributed by atoms with E-state index in [1.54, 1.807) is 0 Å². The van der Waals surface area contributed by atoms with Crippen LogP contribution in [0.3, 0.4) is 0 Å². The SMILES string of the molecule is CCN(CC)CCCNc1c(F)c(F)nc(F)c1F. The van der Waals surface area contributed by atoms with Crippen molar-refractivity contribution in [2.24, 2.45) is 0 Å². The third-order valence-electron chi connectivity index (χ3n) is 2.84. The summed E-state index contributed by atoms with van der Waals surface area (Å²) in [6.07, 6.45) is 0.603. The second-order valence-electron chi connectivity index (χ2n) is 4.00. The summed E-state index contributed by atoms with van der Waals surface area (Å²) in [5.41, 5.74) is -0.801. The molecule has 3 nitrogen and oxygen atoms in total. The monoisotopic (exact) mass is 279 g/mol. The van der Waals surface area contributed by atoms with Crippen molar-refractivity contribution in [3.63, 3.8) is 0 Å². The first-order chi connectivity index (χ1) is 9.01. The van der Waals surface area contributed by atoms with Crippen LogP contribution in [0.4, 0.5) is 23.2 Å². The molecule has 0 aliphatic heterocycles. The van der Waals surface area contributed by atoms with Crippen LogP contribution in [0.1, 0.15) is 20.3 Å². The zero-order valence-electron chi connectivity index (χ0n) is 10.9. The van der Waals surface area contributed by atoms with E-state index < -0.39 is 29.2 Å². The van der Waals surface area contributed by atoms with Gasteiger partial charge in [-0.1, -0.05) is 13.8 Å². The number of pyridine rings is 1. The van der Waals surface area contributed by atoms with Crippen LogP contribution in [0, 0.1) is 23.5 Å². The molecule has 1 aromatic heterocycles. The molecule has 0 spiro atoms. The summed E-state index contributed by atoms with van der Waals surface area (Å²) in [5, 5.41) is 2.37. The lowest BCUT2D eigenvalue weighted by Gasteiger charge is -2.18. The van der Waals surface area contributed by atoms with Crippen molar-refractivity contribution in [1.29, 1.82) is 0 Å². The fraction of sp³-hybridized carbons (Fsp3) is 0.583. The lowest BCUT2D eigenvalue weighted by atomic mass is 10.3. The Kier molecular flexibility index (Phi) is 6.01. The van der Waals surface area contributed by atoms with Crippen LogP contribution in [-0.4, -0.2) is 36.1 Å². The van der Waals surface area contributed by atoms with E-state index >= 15 is 0 Å². The average molecular weight is 279 g/mol. The second-order valence-corrected chi connectivity index (χ2v) is 4.00. The summed E-state index contributed by atoms with van der Waals surface area (Å²) < 4.78 is 52.1. The zero-order chi connectivity index (χ0) is 14.4. The molecule has 108 valence electrons. The number of hydrogen-bond acceptors (Lipinski definition) is 3. The first-order valence-electron chi connectivity index (χ1n) is 6.17. The molecule has 7 heteroatoms. The van der Waals surface area contributed by atoms with Gasteiger partial charge in [0.2, 0.25) is 11.6 Å². The fourth-order valence-electron chi connectivity index (χ4n) is 1.70. The molecule has 0 bridgehead atoms. The first-order valence-corrected chi connectivity index (χ1v) is 6.17. The number of rotatable bonds is 7. The maximum absolute atomic E-state index is 13.2. The van der Waals surface area contributed by atoms with Crippen LogP contribution in [0.2, 0.25) is 0 Å². The fourth-order valence-corrected chi connectivity index (χ4v) is 1.70. The van der Waals surface area contributed by atoms with E-state index in [1.165, 1.54) is 0 Å². The predicted molar refractivity (Wildman–Crippen MR) is 65.0 cm³/mol. The minimum Gasteiger partial charge on any atom is -0.380 e. The molecule has 0 aliphatic carbocycles. The normalized spacial score (nSPS) is 11.1. The summed E-state index contributed by atoms with van der Waals surface area (Å²) in [6.45, 7) is 6.70. The molecule has 0 aromatic carbocycles. The molecule has 0 amide bonds. The Morgan fingerprint density at radius 2 is 1.53 bits per heavy atom. The van der Waals surface area contributed by atoms with E-state index in [2.05, 4.69) is 15.2 Å². The molecular weight excluding hydrogens is 262 g/mol. The van der Waals surface area contributed by atoms with E-state index in [0.717, 1.165) is 19.6 Å². The minimum absolute atomic E-state index is 0.216. The maximum Gasteiger partial charge on any atom is 0.253 e. The molecule has 1 aromatic rings. The van der Waals surface area contributed by atoms with Crippen molar-refractivity contribution < 1.29 is 17.6 Å². The van der Waals surface area contributed by atoms with Gasteiger partial charge < -0.3 is 10.2 Å². The molecule has 1 rings (SSSR count). The summed E-state index contributed by atoms with van der Waals surface area (Å²) in [7, 11) is 0. The summed E-state index contributed by atoms with van der Waals surface area (Å²) >= 11 is 0. The van der Waals surface area contributed by atoms with Crippen LogP contribution >= 0.6 is 0 Å². The van der Waals surface area contributed by atoms with Crippen LogP contribution in [0.15, 0.2) is 0 Å². The van der Waals surface area contributed by atoms with Crippen molar-refractivity contribution in [2.75, 3.05) is 31.5 Å². The Morgan fingerprint density at radius 3 is 2.00 bits per heavy atom. The van der Waals surface area contributed by atoms with Crippen LogP contribution in [0.5, 0.6) is 0 Å². The Morgan fingerprint density at radius 1 is 1.00 bits per heavy atom. The number of anilines is 1. The quantitative estimate of drug-likeness (QED) is 0.472. The smallest absolute Gasteiger partial charge is 0.253 e. The van der Waals surface area contributed by atoms with Crippen LogP contribution in [0.25, 0.3) is 0 Å². The third-order valence-corrected chi connectivity index (χ3v) is 2.84. The number of halogens is 4. The summed E-state index contributed by atoms with van der Waals surface area (Å²) in [5.74, 6) is -6.29. The minimum atomic E-state index is -1.65. The Hall–Kier alpha value is -1.37. The number of nitrogens with zero attached hydrogens (tertiary/aromatic N) is 2. The van der Waals surface area contributed by atoms with Gasteiger partial charge in [-0.05, 0) is 26.1 Å². The molecule has 1 N–H and O–H groups in total. The lowest BCUT2D eigenvalue weighted by Crippen LogP contribution is -2.25. The van der Waals surface area contributed by atoms with E-state index in [9.17, 15) is 17.6 Å². The summed E-state index contributed by atoms with van der Waals surface area (Å²) in [4.78, 5) is 4.61. The van der Waals surface area contributed by atoms with Crippen molar-refractivity contribution >= 4 is 5.69 Å². The zero-order valence-corrected chi connectivity index (χ0v) is 10.9. The molecule has 0 saturated carbocycles. The highest BCUT2D eigenvalue weighted by molar-refractivity contribution is 5.45. The number of hydrogen-bond donors (Lipinski definition) is 1. The largest absolute Gasteiger partial charge is 0.380 e. The molecule has 0 aliphatic rings. The van der Waals surface area contributed by atoms with Crippen molar-refractivity contribution in [1.82, 2.24) is 9.88 Å². The van der Waals surface area contributed by atoms with E-state index in [4.69, 9.17) is 0 Å². The Bertz CT molecular complexity index is 396. The van der Waals surface area contributed by atoms with Gasteiger partial charge in [0.1, 0.15) is 5.69 Å². The molecule has 0 unspecified atom stereocenters. The highest BCUT2D eigenvalue weighted by Crippen LogP contribution is 2.21. The Balaban J connectivity index is 2.59. The average Bonchev–Trinajstić information content (AvgIpc) is 2.40. The van der Waals surface area contributed by atoms with E-state index in [1.807, 2.05) is 13.8 Å². The van der Waals surface area contributed by atoms with Gasteiger partial charge in [0.25, 0.3) is 11.9 Å². The lowest BCUT2D eigenvalue weighted by molar-refractivity contribution is 0.302. The molecule has 19 heavy (non-hydrogen) atoms. The van der Waals surface area contributed by atoms with Gasteiger partial charge in [0.05, 0.1) is 0 Å². The van der Waals surface area contributed by atoms with E-state index in [0.29, 0.717) is 6.42 Å². The number of nitrogens with one attached hydrogen (secondary N) is 1. The Labute approximate surface area is 109 Å². The summed E-state index contributed by atoms with van der Waals surface area (Å²) in [6, 6.07) is 0. The first kappa shape index (κ1) is 15.7. The van der Waals surface area contributed by atoms with Crippen molar-refractivity contribution in [2.45, 2.75) is 20.3 Å². The highest BCUT2D eigenvalue weighted by atomic mass is 19.2. The highest BCUT2D eigenvalue weighted by Gasteiger charge is 2.20. The van der Waals surface area contributed by atoms with E-state index in [-0.39, 0.29) is 6.54 Å². The van der Waals surface area contributed by atoms with Gasteiger partial charge >= 0.3 is 0 Å². The van der Waals surface area contributed by atoms with Crippen LogP contribution in [-0.2, 0) is 0 Å². The van der Waals surface area contributed by atoms with Crippen LogP contribution < -0.4 is 5.32 Å². The van der Waals surface area contributed by atoms with Gasteiger partial charge in [0.15, 0.2) is 0 Å². The maximum atomic E-state index is 13.2. The molecule has 0 radical (unpaired) electrons. The standard InChI is InChI=1S/C12H17F4N3/c1-3-19(4-2)7-5-6-17-10-8(13)11(15)18-12(16)9(10)14/h3-7H2,1-2H3,(H,17,18). The van der Waals surface area contributed by atoms with Crippen molar-refractivity contribution in [3.05, 3.63) is 23.5 Å². The van der Waals surface area contributed by atoms with Gasteiger partial charge in [0, 0.05) is 6.54 Å². The second kappa shape index (κ2) is 7.28. The molecule has 0 fully saturated rings. The predicted octanol–water partition coefficient (Wildman–Crippen LogP) is 2.78. The third kappa shape index (κ3) is 4.05. The molecular formula is C12H17F4N3. The molecule has 1 heterocycles. The molecule has 0 saturated heterocycles. The molecule has 0 atom stereocenters. The van der Waals surface area contributed by atoms with Crippen molar-refractivity contribution in [3.8, 4) is 0 Å². The number of aromatic nitrogens is 1. The van der Waals surface area contributed by atoms with Gasteiger partial charge in [-0.25, -0.2) is 0 Å². The van der Waals surface area contributed by atoms with Gasteiger partial charge in [-0.15, -0.1) is 0 Å². The van der Waals surface area contributed by atoms with Gasteiger partial charge in [-0.2, -0.15) is 22.5 Å².